The molecule has 17 heavy (non-hydrogen) atoms. The highest BCUT2D eigenvalue weighted by Crippen LogP contribution is 2.27. The summed E-state index contributed by atoms with van der Waals surface area (Å²) in [5.74, 6) is -1.07. The van der Waals surface area contributed by atoms with Gasteiger partial charge in [-0.1, -0.05) is 17.7 Å². The molecular weight excluding hydrogens is 246 g/mol. The highest BCUT2D eigenvalue weighted by atomic mass is 35.5. The first-order valence-corrected chi connectivity index (χ1v) is 5.20. The molecular formula is C13H7ClF2O. The Kier molecular flexibility index (Phi) is 3.20. The highest BCUT2D eigenvalue weighted by molar-refractivity contribution is 6.33. The van der Waals surface area contributed by atoms with Crippen LogP contribution in [0.4, 0.5) is 8.78 Å². The predicted octanol–water partition coefficient (Wildman–Crippen LogP) is 4.10. The predicted molar refractivity (Wildman–Crippen MR) is 62.2 cm³/mol. The van der Waals surface area contributed by atoms with Crippen molar-refractivity contribution >= 4 is 17.9 Å². The monoisotopic (exact) mass is 252 g/mol. The zero-order chi connectivity index (χ0) is 12.4. The Morgan fingerprint density at radius 1 is 1.06 bits per heavy atom. The van der Waals surface area contributed by atoms with Crippen molar-refractivity contribution in [3.8, 4) is 11.1 Å². The van der Waals surface area contributed by atoms with Gasteiger partial charge in [-0.05, 0) is 35.9 Å². The zero-order valence-electron chi connectivity index (χ0n) is 8.58. The van der Waals surface area contributed by atoms with Gasteiger partial charge in [0.1, 0.15) is 11.6 Å². The standard InChI is InChI=1S/C13H7ClF2O/c14-12-5-8(1-2-9(12)7-17)11-6-10(15)3-4-13(11)16/h1-7H. The third-order valence-electron chi connectivity index (χ3n) is 2.37. The number of benzene rings is 2. The van der Waals surface area contributed by atoms with Crippen molar-refractivity contribution < 1.29 is 13.6 Å². The van der Waals surface area contributed by atoms with E-state index >= 15 is 0 Å². The molecule has 0 bridgehead atoms. The van der Waals surface area contributed by atoms with E-state index in [9.17, 15) is 13.6 Å². The summed E-state index contributed by atoms with van der Waals surface area (Å²) in [7, 11) is 0. The molecule has 0 aliphatic carbocycles. The van der Waals surface area contributed by atoms with Crippen molar-refractivity contribution in [3.05, 3.63) is 58.6 Å². The number of hydrogen-bond donors (Lipinski definition) is 0. The zero-order valence-corrected chi connectivity index (χ0v) is 9.34. The first kappa shape index (κ1) is 11.7. The summed E-state index contributed by atoms with van der Waals surface area (Å²) in [5, 5.41) is 0.209. The first-order chi connectivity index (χ1) is 8.11. The maximum absolute atomic E-state index is 13.5. The molecule has 0 saturated carbocycles. The van der Waals surface area contributed by atoms with Crippen LogP contribution in [-0.4, -0.2) is 6.29 Å². The Hall–Kier alpha value is -1.74. The van der Waals surface area contributed by atoms with Gasteiger partial charge in [0.25, 0.3) is 0 Å². The SMILES string of the molecule is O=Cc1ccc(-c2cc(F)ccc2F)cc1Cl. The number of rotatable bonds is 2. The number of carbonyl (C=O) groups is 1. The second kappa shape index (κ2) is 4.63. The quantitative estimate of drug-likeness (QED) is 0.736. The number of carbonyl (C=O) groups excluding carboxylic acids is 1. The van der Waals surface area contributed by atoms with Crippen LogP contribution >= 0.6 is 11.6 Å². The van der Waals surface area contributed by atoms with Gasteiger partial charge in [0, 0.05) is 11.1 Å². The van der Waals surface area contributed by atoms with Crippen LogP contribution in [0.5, 0.6) is 0 Å². The fourth-order valence-electron chi connectivity index (χ4n) is 1.51. The molecule has 0 aliphatic heterocycles. The van der Waals surface area contributed by atoms with Gasteiger partial charge in [0.15, 0.2) is 6.29 Å². The average molecular weight is 253 g/mol. The lowest BCUT2D eigenvalue weighted by atomic mass is 10.0. The van der Waals surface area contributed by atoms with Crippen LogP contribution in [-0.2, 0) is 0 Å². The summed E-state index contributed by atoms with van der Waals surface area (Å²) in [4.78, 5) is 10.6. The van der Waals surface area contributed by atoms with E-state index in [0.717, 1.165) is 18.2 Å². The van der Waals surface area contributed by atoms with Gasteiger partial charge >= 0.3 is 0 Å². The van der Waals surface area contributed by atoms with Gasteiger partial charge in [0.05, 0.1) is 5.02 Å². The second-order valence-electron chi connectivity index (χ2n) is 3.48. The molecule has 0 spiro atoms. The largest absolute Gasteiger partial charge is 0.298 e. The van der Waals surface area contributed by atoms with E-state index in [1.165, 1.54) is 18.2 Å². The molecule has 2 aromatic rings. The van der Waals surface area contributed by atoms with Crippen molar-refractivity contribution in [2.45, 2.75) is 0 Å². The number of hydrogen-bond acceptors (Lipinski definition) is 1. The average Bonchev–Trinajstić information content (AvgIpc) is 2.32. The molecule has 0 aliphatic rings. The lowest BCUT2D eigenvalue weighted by Gasteiger charge is -2.05. The minimum Gasteiger partial charge on any atom is -0.298 e. The van der Waals surface area contributed by atoms with E-state index in [4.69, 9.17) is 11.6 Å². The molecule has 1 nitrogen and oxygen atoms in total. The van der Waals surface area contributed by atoms with E-state index in [1.54, 1.807) is 0 Å². The Morgan fingerprint density at radius 3 is 2.47 bits per heavy atom. The molecule has 0 amide bonds. The maximum Gasteiger partial charge on any atom is 0.151 e. The van der Waals surface area contributed by atoms with Gasteiger partial charge in [-0.3, -0.25) is 4.79 Å². The maximum atomic E-state index is 13.5. The van der Waals surface area contributed by atoms with E-state index in [0.29, 0.717) is 17.4 Å². The highest BCUT2D eigenvalue weighted by Gasteiger charge is 2.08. The van der Waals surface area contributed by atoms with Crippen LogP contribution < -0.4 is 0 Å². The molecule has 0 N–H and O–H groups in total. The first-order valence-electron chi connectivity index (χ1n) is 4.82. The number of aldehydes is 1. The van der Waals surface area contributed by atoms with E-state index in [-0.39, 0.29) is 10.6 Å². The lowest BCUT2D eigenvalue weighted by Crippen LogP contribution is -1.88. The fourth-order valence-corrected chi connectivity index (χ4v) is 1.73. The van der Waals surface area contributed by atoms with Gasteiger partial charge in [0.2, 0.25) is 0 Å². The van der Waals surface area contributed by atoms with Gasteiger partial charge in [-0.25, -0.2) is 8.78 Å². The minimum atomic E-state index is -0.540. The molecule has 0 aromatic heterocycles. The van der Waals surface area contributed by atoms with Crippen molar-refractivity contribution in [1.82, 2.24) is 0 Å². The molecule has 86 valence electrons. The van der Waals surface area contributed by atoms with Gasteiger partial charge in [-0.2, -0.15) is 0 Å². The van der Waals surface area contributed by atoms with Crippen molar-refractivity contribution in [3.63, 3.8) is 0 Å². The molecule has 0 unspecified atom stereocenters. The second-order valence-corrected chi connectivity index (χ2v) is 3.89. The Morgan fingerprint density at radius 2 is 1.82 bits per heavy atom. The lowest BCUT2D eigenvalue weighted by molar-refractivity contribution is 0.112. The Labute approximate surface area is 102 Å². The third kappa shape index (κ3) is 2.34. The molecule has 0 fully saturated rings. The summed E-state index contributed by atoms with van der Waals surface area (Å²) >= 11 is 5.82. The molecule has 0 heterocycles. The molecule has 0 saturated heterocycles. The topological polar surface area (TPSA) is 17.1 Å². The van der Waals surface area contributed by atoms with E-state index < -0.39 is 11.6 Å². The summed E-state index contributed by atoms with van der Waals surface area (Å²) in [6, 6.07) is 7.60. The van der Waals surface area contributed by atoms with Crippen LogP contribution in [0.2, 0.25) is 5.02 Å². The van der Waals surface area contributed by atoms with Gasteiger partial charge in [-0.15, -0.1) is 0 Å². The van der Waals surface area contributed by atoms with Crippen LogP contribution in [0.1, 0.15) is 10.4 Å². The Bertz CT molecular complexity index is 582. The van der Waals surface area contributed by atoms with Crippen LogP contribution in [0.25, 0.3) is 11.1 Å². The van der Waals surface area contributed by atoms with Crippen LogP contribution in [0.15, 0.2) is 36.4 Å². The van der Waals surface area contributed by atoms with E-state index in [2.05, 4.69) is 0 Å². The normalized spacial score (nSPS) is 10.3. The summed E-state index contributed by atoms with van der Waals surface area (Å²) < 4.78 is 26.5. The molecule has 2 rings (SSSR count). The minimum absolute atomic E-state index is 0.115. The Balaban J connectivity index is 2.57. The van der Waals surface area contributed by atoms with Crippen molar-refractivity contribution in [1.29, 1.82) is 0 Å². The summed E-state index contributed by atoms with van der Waals surface area (Å²) in [6.07, 6.45) is 0.605. The molecule has 4 heteroatoms. The smallest absolute Gasteiger partial charge is 0.151 e. The van der Waals surface area contributed by atoms with Crippen molar-refractivity contribution in [2.75, 3.05) is 0 Å². The molecule has 0 atom stereocenters. The van der Waals surface area contributed by atoms with E-state index in [1.807, 2.05) is 0 Å². The summed E-state index contributed by atoms with van der Waals surface area (Å²) in [6.45, 7) is 0. The number of halogens is 3. The van der Waals surface area contributed by atoms with Gasteiger partial charge < -0.3 is 0 Å². The van der Waals surface area contributed by atoms with Crippen LogP contribution in [0, 0.1) is 11.6 Å². The third-order valence-corrected chi connectivity index (χ3v) is 2.69. The summed E-state index contributed by atoms with van der Waals surface area (Å²) in [5.41, 5.74) is 0.856. The molecule has 0 radical (unpaired) electrons. The molecule has 2 aromatic carbocycles. The van der Waals surface area contributed by atoms with Crippen LogP contribution in [0.3, 0.4) is 0 Å². The van der Waals surface area contributed by atoms with Crippen molar-refractivity contribution in [2.24, 2.45) is 0 Å². The fraction of sp³-hybridized carbons (Fsp3) is 0.